The average Bonchev–Trinajstić information content (AvgIpc) is 2.98. The maximum absolute atomic E-state index is 13.7. The van der Waals surface area contributed by atoms with E-state index in [1.54, 1.807) is 6.20 Å². The molecule has 0 radical (unpaired) electrons. The molecular weight excluding hydrogens is 509 g/mol. The molecule has 1 aromatic carbocycles. The Bertz CT molecular complexity index is 1600. The van der Waals surface area contributed by atoms with Crippen LogP contribution in [0.1, 0.15) is 57.6 Å². The van der Waals surface area contributed by atoms with Crippen molar-refractivity contribution in [1.82, 2.24) is 19.4 Å². The minimum atomic E-state index is -0.225. The monoisotopic (exact) mass is 551 g/mol. The highest BCUT2D eigenvalue weighted by Crippen LogP contribution is 2.21. The molecule has 6 rings (SSSR count). The first-order valence-electron chi connectivity index (χ1n) is 15.1. The van der Waals surface area contributed by atoms with Gasteiger partial charge in [0.05, 0.1) is 33.5 Å². The quantitative estimate of drug-likeness (QED) is 0.332. The first-order valence-corrected chi connectivity index (χ1v) is 15.1. The van der Waals surface area contributed by atoms with Crippen molar-refractivity contribution in [3.8, 4) is 17.1 Å². The van der Waals surface area contributed by atoms with E-state index in [9.17, 15) is 4.39 Å². The lowest BCUT2D eigenvalue weighted by atomic mass is 10.0. The Hall–Kier alpha value is -3.64. The van der Waals surface area contributed by atoms with Gasteiger partial charge in [0.15, 0.2) is 0 Å². The van der Waals surface area contributed by atoms with Crippen LogP contribution in [0.4, 0.5) is 4.39 Å². The summed E-state index contributed by atoms with van der Waals surface area (Å²) in [5, 5.41) is 3.12. The fourth-order valence-electron chi connectivity index (χ4n) is 5.72. The normalized spacial score (nSPS) is 16.1. The van der Waals surface area contributed by atoms with E-state index < -0.39 is 0 Å². The zero-order valence-electron chi connectivity index (χ0n) is 24.9. The van der Waals surface area contributed by atoms with Crippen LogP contribution in [0.2, 0.25) is 0 Å². The van der Waals surface area contributed by atoms with Gasteiger partial charge in [-0.1, -0.05) is 39.0 Å². The number of pyridine rings is 1. The maximum Gasteiger partial charge on any atom is 0.123 e. The summed E-state index contributed by atoms with van der Waals surface area (Å²) in [4.78, 5) is 16.7. The van der Waals surface area contributed by atoms with E-state index in [4.69, 9.17) is 9.98 Å². The summed E-state index contributed by atoms with van der Waals surface area (Å²) in [6.07, 6.45) is 13.4. The molecule has 41 heavy (non-hydrogen) atoms. The van der Waals surface area contributed by atoms with Gasteiger partial charge in [-0.05, 0) is 98.5 Å². The number of piperidine rings is 1. The zero-order chi connectivity index (χ0) is 28.8. The van der Waals surface area contributed by atoms with Crippen LogP contribution in [0.15, 0.2) is 65.9 Å². The van der Waals surface area contributed by atoms with Gasteiger partial charge in [-0.15, -0.1) is 0 Å². The van der Waals surface area contributed by atoms with Crippen molar-refractivity contribution in [2.75, 3.05) is 19.6 Å². The minimum Gasteiger partial charge on any atom is -0.306 e. The van der Waals surface area contributed by atoms with E-state index in [2.05, 4.69) is 72.5 Å². The molecule has 2 aromatic rings. The van der Waals surface area contributed by atoms with Gasteiger partial charge >= 0.3 is 0 Å². The van der Waals surface area contributed by atoms with Gasteiger partial charge < -0.3 is 9.47 Å². The largest absolute Gasteiger partial charge is 0.306 e. The summed E-state index contributed by atoms with van der Waals surface area (Å²) in [6.45, 7) is 12.2. The lowest BCUT2D eigenvalue weighted by molar-refractivity contribution is 0.192. The Labute approximate surface area is 243 Å². The standard InChI is InChI=1S/C28H33FN4.C7H9N/c1-19(2)18-32-14-12-22(13-15-32)30-25-17-28-26(16-20(25)3)31-24-6-4-5-7-27(24)33(28)23-10-8-21(29)9-11-23;1-2-7-4-3-5-8-6-7/h6-11,16-17,19,22H,4-5,12-15,18H2,1-3H3;3-6H,2H2,1H3. The third-order valence-electron chi connectivity index (χ3n) is 7.84. The number of halogens is 1. The summed E-state index contributed by atoms with van der Waals surface area (Å²) < 4.78 is 15.9. The van der Waals surface area contributed by atoms with E-state index >= 15 is 0 Å². The van der Waals surface area contributed by atoms with Crippen molar-refractivity contribution in [2.45, 2.75) is 65.8 Å². The zero-order valence-corrected chi connectivity index (χ0v) is 24.9. The molecular formula is C35H42FN5. The number of benzene rings is 2. The molecule has 6 heteroatoms. The SMILES string of the molecule is CCc1cccnc1.Cc1cc2nc3c(n(-c4ccc(F)cc4)c-2cc1=NC1CCN(CC(C)C)CC1)=CCCC=3. The number of rotatable bonds is 5. The van der Waals surface area contributed by atoms with Crippen LogP contribution in [0, 0.1) is 18.7 Å². The van der Waals surface area contributed by atoms with Crippen molar-refractivity contribution in [3.63, 3.8) is 0 Å². The molecule has 0 N–H and O–H groups in total. The van der Waals surface area contributed by atoms with Crippen molar-refractivity contribution < 1.29 is 4.39 Å². The number of aryl methyl sites for hydroxylation is 2. The number of fused-ring (bicyclic) bond motifs is 2. The average molecular weight is 552 g/mol. The molecule has 5 nitrogen and oxygen atoms in total. The third-order valence-corrected chi connectivity index (χ3v) is 7.84. The number of hydrogen-bond acceptors (Lipinski definition) is 4. The summed E-state index contributed by atoms with van der Waals surface area (Å²) in [7, 11) is 0. The maximum atomic E-state index is 13.7. The summed E-state index contributed by atoms with van der Waals surface area (Å²) in [6, 6.07) is 15.5. The summed E-state index contributed by atoms with van der Waals surface area (Å²) in [5.41, 5.74) is 5.38. The van der Waals surface area contributed by atoms with Gasteiger partial charge in [-0.2, -0.15) is 0 Å². The molecule has 0 amide bonds. The lowest BCUT2D eigenvalue weighted by Crippen LogP contribution is -2.40. The summed E-state index contributed by atoms with van der Waals surface area (Å²) >= 11 is 0. The van der Waals surface area contributed by atoms with Crippen LogP contribution in [0.5, 0.6) is 0 Å². The van der Waals surface area contributed by atoms with Gasteiger partial charge in [0.25, 0.3) is 0 Å². The Morgan fingerprint density at radius 1 is 1.02 bits per heavy atom. The molecule has 4 aliphatic rings. The second-order valence-electron chi connectivity index (χ2n) is 11.6. The molecule has 0 spiro atoms. The van der Waals surface area contributed by atoms with E-state index in [1.165, 1.54) is 24.2 Å². The first kappa shape index (κ1) is 28.9. The molecule has 0 unspecified atom stereocenters. The van der Waals surface area contributed by atoms with Gasteiger partial charge in [0.1, 0.15) is 5.82 Å². The molecule has 1 fully saturated rings. The van der Waals surface area contributed by atoms with E-state index in [0.717, 1.165) is 83.9 Å². The number of likely N-dealkylation sites (tertiary alicyclic amines) is 1. The van der Waals surface area contributed by atoms with Crippen LogP contribution in [0.25, 0.3) is 29.2 Å². The number of aromatic nitrogens is 3. The predicted molar refractivity (Wildman–Crippen MR) is 166 cm³/mol. The summed E-state index contributed by atoms with van der Waals surface area (Å²) in [5.74, 6) is 0.480. The molecule has 2 aliphatic carbocycles. The second-order valence-corrected chi connectivity index (χ2v) is 11.6. The van der Waals surface area contributed by atoms with E-state index in [0.29, 0.717) is 12.0 Å². The van der Waals surface area contributed by atoms with Crippen molar-refractivity contribution in [1.29, 1.82) is 0 Å². The Balaban J connectivity index is 0.000000365. The molecule has 2 aliphatic heterocycles. The van der Waals surface area contributed by atoms with Crippen molar-refractivity contribution >= 4 is 12.2 Å². The Morgan fingerprint density at radius 2 is 1.78 bits per heavy atom. The van der Waals surface area contributed by atoms with Crippen molar-refractivity contribution in [2.24, 2.45) is 10.9 Å². The second kappa shape index (κ2) is 13.3. The molecule has 0 saturated carbocycles. The molecule has 214 valence electrons. The topological polar surface area (TPSA) is 46.3 Å². The Morgan fingerprint density at radius 3 is 2.44 bits per heavy atom. The highest BCUT2D eigenvalue weighted by molar-refractivity contribution is 5.62. The predicted octanol–water partition coefficient (Wildman–Crippen LogP) is 5.44. The van der Waals surface area contributed by atoms with Crippen LogP contribution in [-0.2, 0) is 6.42 Å². The minimum absolute atomic E-state index is 0.225. The van der Waals surface area contributed by atoms with Crippen LogP contribution >= 0.6 is 0 Å². The number of nitrogens with zero attached hydrogens (tertiary/aromatic N) is 5. The Kier molecular flexibility index (Phi) is 9.40. The highest BCUT2D eigenvalue weighted by Gasteiger charge is 2.20. The third kappa shape index (κ3) is 7.17. The first-order chi connectivity index (χ1) is 19.9. The van der Waals surface area contributed by atoms with Crippen LogP contribution < -0.4 is 16.1 Å². The smallest absolute Gasteiger partial charge is 0.123 e. The van der Waals surface area contributed by atoms with Gasteiger partial charge in [-0.25, -0.2) is 9.37 Å². The molecule has 0 bridgehead atoms. The molecule has 3 heterocycles. The fourth-order valence-corrected chi connectivity index (χ4v) is 5.72. The fraction of sp³-hybridized carbons (Fsp3) is 0.400. The van der Waals surface area contributed by atoms with E-state index in [-0.39, 0.29) is 5.82 Å². The van der Waals surface area contributed by atoms with E-state index in [1.807, 2.05) is 24.4 Å². The molecule has 0 atom stereocenters. The van der Waals surface area contributed by atoms with Crippen molar-refractivity contribution in [3.05, 3.63) is 93.9 Å². The van der Waals surface area contributed by atoms with Crippen LogP contribution in [0.3, 0.4) is 0 Å². The highest BCUT2D eigenvalue weighted by atomic mass is 19.1. The molecule has 1 aromatic heterocycles. The van der Waals surface area contributed by atoms with Crippen LogP contribution in [-0.4, -0.2) is 45.1 Å². The lowest BCUT2D eigenvalue weighted by Gasteiger charge is -2.31. The van der Waals surface area contributed by atoms with Gasteiger partial charge in [0.2, 0.25) is 0 Å². The molecule has 1 saturated heterocycles. The van der Waals surface area contributed by atoms with Gasteiger partial charge in [-0.3, -0.25) is 9.98 Å². The van der Waals surface area contributed by atoms with Gasteiger partial charge in [0, 0.05) is 37.7 Å². The number of hydrogen-bond donors (Lipinski definition) is 0.